The molecule has 0 radical (unpaired) electrons. The molecule has 1 aliphatic heterocycles. The van der Waals surface area contributed by atoms with Gasteiger partial charge in [0, 0.05) is 37.5 Å². The van der Waals surface area contributed by atoms with Crippen LogP contribution in [0.2, 0.25) is 0 Å². The van der Waals surface area contributed by atoms with Gasteiger partial charge in [-0.05, 0) is 13.3 Å². The Kier molecular flexibility index (Phi) is 5.71. The van der Waals surface area contributed by atoms with E-state index in [0.717, 1.165) is 41.4 Å². The molecule has 8 nitrogen and oxygen atoms in total. The molecule has 4 heterocycles. The molecule has 1 atom stereocenters. The molecule has 4 rings (SSSR count). The van der Waals surface area contributed by atoms with Crippen molar-refractivity contribution in [2.24, 2.45) is 4.99 Å². The summed E-state index contributed by atoms with van der Waals surface area (Å²) >= 11 is 1.58. The molecule has 142 valence electrons. The molecule has 3 aromatic heterocycles. The fourth-order valence-electron chi connectivity index (χ4n) is 2.92. The Hall–Kier alpha value is -2.36. The van der Waals surface area contributed by atoms with E-state index in [4.69, 9.17) is 14.5 Å². The van der Waals surface area contributed by atoms with E-state index in [1.807, 2.05) is 10.9 Å². The van der Waals surface area contributed by atoms with Crippen LogP contribution in [-0.2, 0) is 22.6 Å². The first-order chi connectivity index (χ1) is 13.3. The topological polar surface area (TPSA) is 79.4 Å². The van der Waals surface area contributed by atoms with E-state index in [-0.39, 0.29) is 6.10 Å². The molecule has 27 heavy (non-hydrogen) atoms. The minimum absolute atomic E-state index is 0.187. The van der Waals surface area contributed by atoms with E-state index in [9.17, 15) is 0 Å². The van der Waals surface area contributed by atoms with E-state index in [1.54, 1.807) is 36.1 Å². The molecule has 0 bridgehead atoms. The molecule has 0 aliphatic carbocycles. The SMILES string of the molecule is CCn1cc(N=c2scc(-c3cnccn3)n2CCOC2CCOC2)cn1. The summed E-state index contributed by atoms with van der Waals surface area (Å²) < 4.78 is 15.3. The van der Waals surface area contributed by atoms with E-state index < -0.39 is 0 Å². The zero-order valence-corrected chi connectivity index (χ0v) is 16.0. The van der Waals surface area contributed by atoms with Gasteiger partial charge in [-0.15, -0.1) is 11.3 Å². The highest BCUT2D eigenvalue weighted by Crippen LogP contribution is 2.18. The van der Waals surface area contributed by atoms with Crippen molar-refractivity contribution in [1.29, 1.82) is 0 Å². The van der Waals surface area contributed by atoms with Gasteiger partial charge in [-0.2, -0.15) is 5.10 Å². The highest BCUT2D eigenvalue weighted by molar-refractivity contribution is 7.07. The van der Waals surface area contributed by atoms with Crippen molar-refractivity contribution < 1.29 is 9.47 Å². The third-order valence-electron chi connectivity index (χ3n) is 4.35. The first-order valence-corrected chi connectivity index (χ1v) is 9.92. The van der Waals surface area contributed by atoms with Gasteiger partial charge in [-0.1, -0.05) is 0 Å². The van der Waals surface area contributed by atoms with Crippen molar-refractivity contribution in [1.82, 2.24) is 24.3 Å². The maximum atomic E-state index is 5.96. The summed E-state index contributed by atoms with van der Waals surface area (Å²) in [6.45, 7) is 5.62. The molecule has 9 heteroatoms. The van der Waals surface area contributed by atoms with E-state index >= 15 is 0 Å². The lowest BCUT2D eigenvalue weighted by Gasteiger charge is -2.12. The lowest BCUT2D eigenvalue weighted by molar-refractivity contribution is 0.0383. The summed E-state index contributed by atoms with van der Waals surface area (Å²) in [5, 5.41) is 6.36. The maximum Gasteiger partial charge on any atom is 0.190 e. The fourth-order valence-corrected chi connectivity index (χ4v) is 3.86. The third kappa shape index (κ3) is 4.32. The third-order valence-corrected chi connectivity index (χ3v) is 5.21. The fraction of sp³-hybridized carbons (Fsp3) is 0.444. The summed E-state index contributed by atoms with van der Waals surface area (Å²) in [4.78, 5) is 14.3. The Balaban J connectivity index is 1.62. The molecule has 1 aliphatic rings. The maximum absolute atomic E-state index is 5.96. The molecule has 3 aromatic rings. The summed E-state index contributed by atoms with van der Waals surface area (Å²) in [5.41, 5.74) is 2.65. The highest BCUT2D eigenvalue weighted by Gasteiger charge is 2.16. The lowest BCUT2D eigenvalue weighted by atomic mass is 10.3. The smallest absolute Gasteiger partial charge is 0.190 e. The first kappa shape index (κ1) is 18.0. The van der Waals surface area contributed by atoms with Crippen LogP contribution in [0.15, 0.2) is 41.4 Å². The molecule has 1 saturated heterocycles. The van der Waals surface area contributed by atoms with Gasteiger partial charge < -0.3 is 14.0 Å². The van der Waals surface area contributed by atoms with Crippen LogP contribution in [0.25, 0.3) is 11.4 Å². The van der Waals surface area contributed by atoms with E-state index in [0.29, 0.717) is 19.8 Å². The molecule has 0 spiro atoms. The van der Waals surface area contributed by atoms with Gasteiger partial charge in [-0.25, -0.2) is 4.99 Å². The highest BCUT2D eigenvalue weighted by atomic mass is 32.1. The van der Waals surface area contributed by atoms with Crippen LogP contribution in [0.3, 0.4) is 0 Å². The van der Waals surface area contributed by atoms with Crippen LogP contribution >= 0.6 is 11.3 Å². The second-order valence-electron chi connectivity index (χ2n) is 6.17. The van der Waals surface area contributed by atoms with Gasteiger partial charge in [0.2, 0.25) is 0 Å². The normalized spacial score (nSPS) is 17.7. The molecule has 0 aromatic carbocycles. The predicted molar refractivity (Wildman–Crippen MR) is 102 cm³/mol. The van der Waals surface area contributed by atoms with Crippen LogP contribution in [0.4, 0.5) is 5.69 Å². The molecule has 1 fully saturated rings. The number of aryl methyl sites for hydroxylation is 1. The van der Waals surface area contributed by atoms with Gasteiger partial charge in [0.05, 0.1) is 43.6 Å². The Morgan fingerprint density at radius 3 is 3.07 bits per heavy atom. The predicted octanol–water partition coefficient (Wildman–Crippen LogP) is 2.26. The summed E-state index contributed by atoms with van der Waals surface area (Å²) in [6.07, 6.45) is 10.0. The average Bonchev–Trinajstić information content (AvgIpc) is 3.45. The number of rotatable bonds is 7. The second kappa shape index (κ2) is 8.55. The van der Waals surface area contributed by atoms with E-state index in [1.165, 1.54) is 0 Å². The molecule has 0 amide bonds. The van der Waals surface area contributed by atoms with Crippen molar-refractivity contribution in [3.63, 3.8) is 0 Å². The zero-order chi connectivity index (χ0) is 18.5. The van der Waals surface area contributed by atoms with Crippen LogP contribution in [0.5, 0.6) is 0 Å². The summed E-state index contributed by atoms with van der Waals surface area (Å²) in [7, 11) is 0. The minimum Gasteiger partial charge on any atom is -0.379 e. The molecule has 0 saturated carbocycles. The Morgan fingerprint density at radius 2 is 2.33 bits per heavy atom. The number of ether oxygens (including phenoxy) is 2. The number of aromatic nitrogens is 5. The Bertz CT molecular complexity index is 927. The number of hydrogen-bond donors (Lipinski definition) is 0. The van der Waals surface area contributed by atoms with Gasteiger partial charge in [-0.3, -0.25) is 14.6 Å². The molecule has 0 N–H and O–H groups in total. The van der Waals surface area contributed by atoms with Gasteiger partial charge in [0.1, 0.15) is 11.4 Å². The van der Waals surface area contributed by atoms with Crippen molar-refractivity contribution in [3.8, 4) is 11.4 Å². The van der Waals surface area contributed by atoms with Crippen LogP contribution in [-0.4, -0.2) is 50.2 Å². The van der Waals surface area contributed by atoms with Crippen molar-refractivity contribution >= 4 is 17.0 Å². The van der Waals surface area contributed by atoms with Gasteiger partial charge in [0.15, 0.2) is 4.80 Å². The van der Waals surface area contributed by atoms with Crippen LogP contribution in [0, 0.1) is 0 Å². The van der Waals surface area contributed by atoms with Crippen LogP contribution < -0.4 is 4.80 Å². The number of thiazole rings is 1. The minimum atomic E-state index is 0.187. The van der Waals surface area contributed by atoms with Crippen molar-refractivity contribution in [3.05, 3.63) is 41.2 Å². The van der Waals surface area contributed by atoms with Crippen molar-refractivity contribution in [2.75, 3.05) is 19.8 Å². The number of nitrogens with zero attached hydrogens (tertiary/aromatic N) is 6. The van der Waals surface area contributed by atoms with Gasteiger partial charge in [0.25, 0.3) is 0 Å². The van der Waals surface area contributed by atoms with E-state index in [2.05, 4.69) is 31.9 Å². The second-order valence-corrected chi connectivity index (χ2v) is 7.00. The Morgan fingerprint density at radius 1 is 1.37 bits per heavy atom. The largest absolute Gasteiger partial charge is 0.379 e. The van der Waals surface area contributed by atoms with Gasteiger partial charge >= 0.3 is 0 Å². The monoisotopic (exact) mass is 386 g/mol. The summed E-state index contributed by atoms with van der Waals surface area (Å²) in [5.74, 6) is 0. The molecular weight excluding hydrogens is 364 g/mol. The first-order valence-electron chi connectivity index (χ1n) is 9.04. The Labute approximate surface area is 161 Å². The standard InChI is InChI=1S/C18H22N6O2S/c1-2-23-11-14(9-21-23)22-18-24(6-8-26-15-3-7-25-12-15)17(13-27-18)16-10-19-4-5-20-16/h4-5,9-11,13,15H,2-3,6-8,12H2,1H3. The van der Waals surface area contributed by atoms with Crippen molar-refractivity contribution in [2.45, 2.75) is 32.5 Å². The molecular formula is C18H22N6O2S. The zero-order valence-electron chi connectivity index (χ0n) is 15.2. The quantitative estimate of drug-likeness (QED) is 0.622. The summed E-state index contributed by atoms with van der Waals surface area (Å²) in [6, 6.07) is 0. The number of hydrogen-bond acceptors (Lipinski definition) is 7. The lowest BCUT2D eigenvalue weighted by Crippen LogP contribution is -2.22. The van der Waals surface area contributed by atoms with Crippen LogP contribution in [0.1, 0.15) is 13.3 Å². The molecule has 1 unspecified atom stereocenters. The average molecular weight is 386 g/mol.